The summed E-state index contributed by atoms with van der Waals surface area (Å²) in [6.45, 7) is 25.0. The van der Waals surface area contributed by atoms with Gasteiger partial charge in [0.05, 0.1) is 5.56 Å². The van der Waals surface area contributed by atoms with Crippen LogP contribution in [0.1, 0.15) is 155 Å². The highest BCUT2D eigenvalue weighted by Gasteiger charge is 2.37. The molecule has 0 saturated heterocycles. The third kappa shape index (κ3) is 17.7. The van der Waals surface area contributed by atoms with Gasteiger partial charge in [0.15, 0.2) is 16.6 Å². The van der Waals surface area contributed by atoms with Gasteiger partial charge in [-0.1, -0.05) is 124 Å². The van der Waals surface area contributed by atoms with Gasteiger partial charge in [-0.05, 0) is 86.9 Å². The molecule has 1 rings (SSSR count). The highest BCUT2D eigenvalue weighted by atomic mass is 28.4. The van der Waals surface area contributed by atoms with Crippen molar-refractivity contribution in [1.29, 1.82) is 0 Å². The fourth-order valence-electron chi connectivity index (χ4n) is 4.86. The Hall–Kier alpha value is -0.956. The van der Waals surface area contributed by atoms with Crippen molar-refractivity contribution in [2.45, 2.75) is 187 Å². The molecule has 0 amide bonds. The summed E-state index contributed by atoms with van der Waals surface area (Å²) < 4.78 is 18.7. The van der Waals surface area contributed by atoms with Crippen LogP contribution in [-0.4, -0.2) is 41.9 Å². The molecule has 6 heteroatoms. The number of carbonyl (C=O) groups excluding carboxylic acids is 1. The molecular formula is C38H72O4Si2. The molecular weight excluding hydrogens is 577 g/mol. The Labute approximate surface area is 276 Å². The maximum Gasteiger partial charge on any atom is 0.338 e. The predicted octanol–water partition coefficient (Wildman–Crippen LogP) is 12.5. The normalized spacial score (nSPS) is 13.1. The first-order valence-corrected chi connectivity index (χ1v) is 23.9. The molecule has 0 unspecified atom stereocenters. The lowest BCUT2D eigenvalue weighted by Crippen LogP contribution is -2.40. The molecule has 0 fully saturated rings. The monoisotopic (exact) mass is 648 g/mol. The number of esters is 1. The van der Waals surface area contributed by atoms with E-state index in [4.69, 9.17) is 13.6 Å². The number of hydrogen-bond donors (Lipinski definition) is 0. The van der Waals surface area contributed by atoms with E-state index in [0.717, 1.165) is 38.9 Å². The fourth-order valence-corrected chi connectivity index (χ4v) is 7.03. The molecule has 0 spiro atoms. The van der Waals surface area contributed by atoms with Crippen LogP contribution < -0.4 is 0 Å². The summed E-state index contributed by atoms with van der Waals surface area (Å²) in [5.41, 5.74) is 0.660. The topological polar surface area (TPSA) is 44.8 Å². The Balaban J connectivity index is 2.25. The Morgan fingerprint density at radius 3 is 1.27 bits per heavy atom. The Morgan fingerprint density at radius 1 is 0.568 bits per heavy atom. The van der Waals surface area contributed by atoms with Crippen LogP contribution >= 0.6 is 0 Å². The molecule has 0 atom stereocenters. The van der Waals surface area contributed by atoms with Gasteiger partial charge in [-0.2, -0.15) is 0 Å². The van der Waals surface area contributed by atoms with Crippen molar-refractivity contribution in [2.75, 3.05) is 13.2 Å². The molecule has 256 valence electrons. The van der Waals surface area contributed by atoms with Crippen LogP contribution in [0, 0.1) is 0 Å². The molecule has 1 aromatic rings. The van der Waals surface area contributed by atoms with Crippen molar-refractivity contribution in [3.8, 4) is 0 Å². The summed E-state index contributed by atoms with van der Waals surface area (Å²) in [6, 6.07) is 9.47. The highest BCUT2D eigenvalue weighted by molar-refractivity contribution is 6.74. The van der Waals surface area contributed by atoms with Gasteiger partial charge in [0.2, 0.25) is 0 Å². The van der Waals surface area contributed by atoms with Gasteiger partial charge in [-0.15, -0.1) is 0 Å². The Bertz CT molecular complexity index is 825. The second-order valence-electron chi connectivity index (χ2n) is 16.1. The summed E-state index contributed by atoms with van der Waals surface area (Å²) >= 11 is 0. The van der Waals surface area contributed by atoms with Crippen LogP contribution in [-0.2, 0) is 13.6 Å². The van der Waals surface area contributed by atoms with E-state index in [9.17, 15) is 4.79 Å². The molecule has 0 radical (unpaired) electrons. The van der Waals surface area contributed by atoms with Gasteiger partial charge in [0.1, 0.15) is 6.10 Å². The van der Waals surface area contributed by atoms with Gasteiger partial charge in [0.25, 0.3) is 0 Å². The second-order valence-corrected chi connectivity index (χ2v) is 25.8. The van der Waals surface area contributed by atoms with Gasteiger partial charge < -0.3 is 13.6 Å². The van der Waals surface area contributed by atoms with E-state index < -0.39 is 16.6 Å². The average Bonchev–Trinajstić information content (AvgIpc) is 2.93. The van der Waals surface area contributed by atoms with E-state index in [1.54, 1.807) is 0 Å². The van der Waals surface area contributed by atoms with Crippen molar-refractivity contribution in [2.24, 2.45) is 0 Å². The highest BCUT2D eigenvalue weighted by Crippen LogP contribution is 2.37. The number of carbonyl (C=O) groups is 1. The van der Waals surface area contributed by atoms with E-state index in [-0.39, 0.29) is 12.1 Å². The van der Waals surface area contributed by atoms with Crippen LogP contribution in [0.15, 0.2) is 30.3 Å². The number of unbranched alkanes of at least 4 members (excludes halogenated alkanes) is 12. The molecule has 44 heavy (non-hydrogen) atoms. The number of benzene rings is 1. The average molecular weight is 649 g/mol. The molecule has 0 aromatic heterocycles. The van der Waals surface area contributed by atoms with E-state index in [1.165, 1.54) is 77.0 Å². The zero-order chi connectivity index (χ0) is 33.1. The molecule has 0 aliphatic carbocycles. The minimum Gasteiger partial charge on any atom is -0.459 e. The smallest absolute Gasteiger partial charge is 0.338 e. The minimum atomic E-state index is -1.61. The zero-order valence-electron chi connectivity index (χ0n) is 30.8. The Kier molecular flexibility index (Phi) is 19.6. The fraction of sp³-hybridized carbons (Fsp3) is 0.816. The Morgan fingerprint density at radius 2 is 0.909 bits per heavy atom. The summed E-state index contributed by atoms with van der Waals surface area (Å²) in [7, 11) is -3.22. The molecule has 0 aliphatic rings. The lowest BCUT2D eigenvalue weighted by atomic mass is 10.0. The standard InChI is InChI=1S/C38H72O4Si2/c1-37(2,3)43(7,8)40-32-26-19-15-11-13-17-24-30-35(42-36(39)34-28-22-21-23-29-34)31-25-18-14-12-16-20-27-33-41-44(9,10)38(4,5)6/h21-23,28-29,35H,11-20,24-27,30-33H2,1-10H3. The van der Waals surface area contributed by atoms with E-state index in [0.29, 0.717) is 15.6 Å². The third-order valence-electron chi connectivity index (χ3n) is 10.2. The summed E-state index contributed by atoms with van der Waals surface area (Å²) in [6.07, 6.45) is 19.3. The van der Waals surface area contributed by atoms with Crippen molar-refractivity contribution in [3.63, 3.8) is 0 Å². The zero-order valence-corrected chi connectivity index (χ0v) is 32.8. The van der Waals surface area contributed by atoms with Gasteiger partial charge in [-0.3, -0.25) is 0 Å². The van der Waals surface area contributed by atoms with Crippen LogP contribution in [0.25, 0.3) is 0 Å². The summed E-state index contributed by atoms with van der Waals surface area (Å²) in [5.74, 6) is -0.171. The van der Waals surface area contributed by atoms with E-state index >= 15 is 0 Å². The molecule has 0 N–H and O–H groups in total. The lowest BCUT2D eigenvalue weighted by molar-refractivity contribution is 0.0248. The van der Waals surface area contributed by atoms with Crippen LogP contribution in [0.3, 0.4) is 0 Å². The number of rotatable bonds is 24. The van der Waals surface area contributed by atoms with Crippen molar-refractivity contribution >= 4 is 22.6 Å². The first-order valence-electron chi connectivity index (χ1n) is 18.1. The van der Waals surface area contributed by atoms with Crippen molar-refractivity contribution in [1.82, 2.24) is 0 Å². The summed E-state index contributed by atoms with van der Waals surface area (Å²) in [5, 5.41) is 0.585. The molecule has 0 heterocycles. The number of ether oxygens (including phenoxy) is 1. The minimum absolute atomic E-state index is 0.0303. The van der Waals surface area contributed by atoms with Crippen molar-refractivity contribution in [3.05, 3.63) is 35.9 Å². The first-order chi connectivity index (χ1) is 20.6. The predicted molar refractivity (Wildman–Crippen MR) is 196 cm³/mol. The van der Waals surface area contributed by atoms with Crippen molar-refractivity contribution < 1.29 is 18.4 Å². The van der Waals surface area contributed by atoms with Gasteiger partial charge >= 0.3 is 5.97 Å². The van der Waals surface area contributed by atoms with E-state index in [1.807, 2.05) is 30.3 Å². The molecule has 0 saturated carbocycles. The molecule has 0 bridgehead atoms. The van der Waals surface area contributed by atoms with E-state index in [2.05, 4.69) is 67.7 Å². The first kappa shape index (κ1) is 41.1. The molecule has 1 aromatic carbocycles. The second kappa shape index (κ2) is 21.0. The molecule has 4 nitrogen and oxygen atoms in total. The summed E-state index contributed by atoms with van der Waals surface area (Å²) in [4.78, 5) is 12.8. The third-order valence-corrected chi connectivity index (χ3v) is 19.2. The lowest BCUT2D eigenvalue weighted by Gasteiger charge is -2.36. The van der Waals surface area contributed by atoms with Crippen LogP contribution in [0.2, 0.25) is 36.3 Å². The number of hydrogen-bond acceptors (Lipinski definition) is 4. The maximum absolute atomic E-state index is 12.8. The quantitative estimate of drug-likeness (QED) is 0.0635. The SMILES string of the molecule is CC(C)(C)[Si](C)(C)OCCCCCCCCCC(CCCCCCCCCO[Si](C)(C)C(C)(C)C)OC(=O)c1ccccc1. The van der Waals surface area contributed by atoms with Crippen LogP contribution in [0.4, 0.5) is 0 Å². The van der Waals surface area contributed by atoms with Gasteiger partial charge in [-0.25, -0.2) is 4.79 Å². The maximum atomic E-state index is 12.8. The van der Waals surface area contributed by atoms with Gasteiger partial charge in [0, 0.05) is 13.2 Å². The largest absolute Gasteiger partial charge is 0.459 e. The van der Waals surface area contributed by atoms with Crippen LogP contribution in [0.5, 0.6) is 0 Å². The molecule has 0 aliphatic heterocycles.